The Bertz CT molecular complexity index is 920. The average Bonchev–Trinajstić information content (AvgIpc) is 3.24. The second-order valence-corrected chi connectivity index (χ2v) is 6.56. The highest BCUT2D eigenvalue weighted by Gasteiger charge is 2.28. The first-order valence-electron chi connectivity index (χ1n) is 8.41. The number of aliphatic hydroxyl groups is 1. The summed E-state index contributed by atoms with van der Waals surface area (Å²) in [6.45, 7) is 2.32. The first kappa shape index (κ1) is 16.0. The molecular weight excluding hydrogens is 322 g/mol. The molecule has 25 heavy (non-hydrogen) atoms. The summed E-state index contributed by atoms with van der Waals surface area (Å²) in [4.78, 5) is 27.0. The van der Waals surface area contributed by atoms with Gasteiger partial charge in [0, 0.05) is 32.1 Å². The SMILES string of the molecule is Cn1ccnc1[C@H](O)C1CCN(Cc2cc(=O)n3[nH]cnc3n2)CC1. The molecule has 0 aliphatic carbocycles. The highest BCUT2D eigenvalue weighted by molar-refractivity contribution is 5.26. The zero-order valence-electron chi connectivity index (χ0n) is 14.0. The van der Waals surface area contributed by atoms with Crippen molar-refractivity contribution in [3.8, 4) is 0 Å². The number of aromatic amines is 1. The van der Waals surface area contributed by atoms with Crippen molar-refractivity contribution in [2.45, 2.75) is 25.5 Å². The lowest BCUT2D eigenvalue weighted by Gasteiger charge is -2.33. The number of likely N-dealkylation sites (tertiary alicyclic amines) is 1. The van der Waals surface area contributed by atoms with Gasteiger partial charge in [0.2, 0.25) is 0 Å². The van der Waals surface area contributed by atoms with Crippen LogP contribution in [0, 0.1) is 5.92 Å². The predicted molar refractivity (Wildman–Crippen MR) is 89.8 cm³/mol. The number of aryl methyl sites for hydroxylation is 1. The highest BCUT2D eigenvalue weighted by atomic mass is 16.3. The van der Waals surface area contributed by atoms with Crippen LogP contribution < -0.4 is 5.56 Å². The van der Waals surface area contributed by atoms with Crippen LogP contribution in [0.15, 0.2) is 29.6 Å². The monoisotopic (exact) mass is 343 g/mol. The third-order valence-electron chi connectivity index (χ3n) is 4.91. The molecule has 4 heterocycles. The fourth-order valence-electron chi connectivity index (χ4n) is 3.48. The molecule has 1 aliphatic rings. The molecule has 1 aliphatic heterocycles. The molecule has 4 rings (SSSR count). The number of imidazole rings is 1. The van der Waals surface area contributed by atoms with E-state index in [1.165, 1.54) is 10.8 Å². The van der Waals surface area contributed by atoms with E-state index in [2.05, 4.69) is 25.0 Å². The Hall–Kier alpha value is -2.52. The number of hydrogen-bond donors (Lipinski definition) is 2. The molecule has 1 atom stereocenters. The third-order valence-corrected chi connectivity index (χ3v) is 4.91. The minimum Gasteiger partial charge on any atom is -0.385 e. The number of hydrogen-bond acceptors (Lipinski definition) is 6. The summed E-state index contributed by atoms with van der Waals surface area (Å²) in [6, 6.07) is 1.54. The fourth-order valence-corrected chi connectivity index (χ4v) is 3.48. The van der Waals surface area contributed by atoms with Crippen molar-refractivity contribution in [1.29, 1.82) is 0 Å². The molecule has 9 nitrogen and oxygen atoms in total. The number of aromatic nitrogens is 6. The van der Waals surface area contributed by atoms with Crippen LogP contribution in [-0.4, -0.2) is 52.2 Å². The Morgan fingerprint density at radius 2 is 2.16 bits per heavy atom. The van der Waals surface area contributed by atoms with Crippen molar-refractivity contribution >= 4 is 5.78 Å². The van der Waals surface area contributed by atoms with Crippen molar-refractivity contribution in [2.75, 3.05) is 13.1 Å². The smallest absolute Gasteiger partial charge is 0.274 e. The average molecular weight is 343 g/mol. The molecule has 3 aromatic rings. The normalized spacial score (nSPS) is 18.0. The number of piperidine rings is 1. The number of nitrogens with one attached hydrogen (secondary N) is 1. The summed E-state index contributed by atoms with van der Waals surface area (Å²) in [6.07, 6.45) is 6.25. The molecule has 2 N–H and O–H groups in total. The van der Waals surface area contributed by atoms with Crippen molar-refractivity contribution < 1.29 is 5.11 Å². The van der Waals surface area contributed by atoms with Crippen LogP contribution in [0.1, 0.15) is 30.5 Å². The quantitative estimate of drug-likeness (QED) is 0.696. The molecule has 0 amide bonds. The Morgan fingerprint density at radius 1 is 1.36 bits per heavy atom. The molecule has 9 heteroatoms. The van der Waals surface area contributed by atoms with E-state index in [-0.39, 0.29) is 11.5 Å². The van der Waals surface area contributed by atoms with Gasteiger partial charge in [0.1, 0.15) is 18.3 Å². The van der Waals surface area contributed by atoms with Crippen LogP contribution >= 0.6 is 0 Å². The van der Waals surface area contributed by atoms with Crippen LogP contribution in [0.25, 0.3) is 5.78 Å². The molecule has 1 fully saturated rings. The molecular formula is C16H21N7O2. The van der Waals surface area contributed by atoms with E-state index in [1.54, 1.807) is 12.3 Å². The van der Waals surface area contributed by atoms with Gasteiger partial charge < -0.3 is 9.67 Å². The van der Waals surface area contributed by atoms with E-state index in [0.29, 0.717) is 12.3 Å². The van der Waals surface area contributed by atoms with E-state index < -0.39 is 6.10 Å². The highest BCUT2D eigenvalue weighted by Crippen LogP contribution is 2.30. The number of H-pyrrole nitrogens is 1. The number of aliphatic hydroxyl groups excluding tert-OH is 1. The predicted octanol–water partition coefficient (Wildman–Crippen LogP) is 0.0967. The first-order valence-corrected chi connectivity index (χ1v) is 8.41. The molecule has 0 unspecified atom stereocenters. The van der Waals surface area contributed by atoms with E-state index in [4.69, 9.17) is 0 Å². The lowest BCUT2D eigenvalue weighted by molar-refractivity contribution is 0.0489. The van der Waals surface area contributed by atoms with Gasteiger partial charge in [-0.2, -0.15) is 4.52 Å². The van der Waals surface area contributed by atoms with Gasteiger partial charge in [-0.05, 0) is 31.8 Å². The summed E-state index contributed by atoms with van der Waals surface area (Å²) in [5.74, 6) is 1.31. The number of nitrogens with zero attached hydrogens (tertiary/aromatic N) is 6. The van der Waals surface area contributed by atoms with Gasteiger partial charge in [-0.25, -0.2) is 15.0 Å². The lowest BCUT2D eigenvalue weighted by atomic mass is 9.90. The van der Waals surface area contributed by atoms with E-state index in [9.17, 15) is 9.90 Å². The van der Waals surface area contributed by atoms with E-state index >= 15 is 0 Å². The number of fused-ring (bicyclic) bond motifs is 1. The maximum absolute atomic E-state index is 12.0. The third kappa shape index (κ3) is 3.08. The maximum atomic E-state index is 12.0. The Morgan fingerprint density at radius 3 is 2.88 bits per heavy atom. The molecule has 0 bridgehead atoms. The summed E-state index contributed by atoms with van der Waals surface area (Å²) >= 11 is 0. The summed E-state index contributed by atoms with van der Waals surface area (Å²) in [5, 5.41) is 13.3. The van der Waals surface area contributed by atoms with Crippen molar-refractivity contribution in [2.24, 2.45) is 13.0 Å². The van der Waals surface area contributed by atoms with Crippen LogP contribution in [0.5, 0.6) is 0 Å². The van der Waals surface area contributed by atoms with Gasteiger partial charge in [0.15, 0.2) is 0 Å². The lowest BCUT2D eigenvalue weighted by Crippen LogP contribution is -2.36. The topological polar surface area (TPSA) is 104 Å². The number of rotatable bonds is 4. The summed E-state index contributed by atoms with van der Waals surface area (Å²) in [7, 11) is 1.90. The van der Waals surface area contributed by atoms with Gasteiger partial charge in [-0.3, -0.25) is 14.8 Å². The maximum Gasteiger partial charge on any atom is 0.274 e. The van der Waals surface area contributed by atoms with Crippen molar-refractivity contribution in [1.82, 2.24) is 34.0 Å². The molecule has 3 aromatic heterocycles. The van der Waals surface area contributed by atoms with Gasteiger partial charge in [0.05, 0.1) is 5.69 Å². The standard InChI is InChI=1S/C16H21N7O2/c1-21-7-4-17-15(21)14(25)11-2-5-22(6-3-11)9-12-8-13(24)23-16(20-12)18-10-19-23/h4,7-8,10-11,14,25H,2-3,5-6,9H2,1H3,(H,18,19,20)/t14-/m1/s1. The van der Waals surface area contributed by atoms with E-state index in [1.807, 2.05) is 17.8 Å². The van der Waals surface area contributed by atoms with Crippen LogP contribution in [0.3, 0.4) is 0 Å². The summed E-state index contributed by atoms with van der Waals surface area (Å²) < 4.78 is 3.19. The molecule has 0 radical (unpaired) electrons. The first-order chi connectivity index (χ1) is 12.1. The van der Waals surface area contributed by atoms with E-state index in [0.717, 1.165) is 37.4 Å². The molecule has 0 saturated carbocycles. The Balaban J connectivity index is 1.40. The fraction of sp³-hybridized carbons (Fsp3) is 0.500. The van der Waals surface area contributed by atoms with Crippen LogP contribution in [0.2, 0.25) is 0 Å². The van der Waals surface area contributed by atoms with Gasteiger partial charge >= 0.3 is 0 Å². The van der Waals surface area contributed by atoms with Gasteiger partial charge in [-0.15, -0.1) is 0 Å². The largest absolute Gasteiger partial charge is 0.385 e. The van der Waals surface area contributed by atoms with Gasteiger partial charge in [-0.1, -0.05) is 0 Å². The summed E-state index contributed by atoms with van der Waals surface area (Å²) in [5.41, 5.74) is 0.567. The zero-order chi connectivity index (χ0) is 17.4. The Labute approximate surface area is 144 Å². The van der Waals surface area contributed by atoms with Crippen molar-refractivity contribution in [3.63, 3.8) is 0 Å². The van der Waals surface area contributed by atoms with Crippen LogP contribution in [-0.2, 0) is 13.6 Å². The molecule has 1 saturated heterocycles. The van der Waals surface area contributed by atoms with Gasteiger partial charge in [0.25, 0.3) is 11.3 Å². The van der Waals surface area contributed by atoms with Crippen molar-refractivity contribution in [3.05, 3.63) is 46.7 Å². The molecule has 0 spiro atoms. The molecule has 132 valence electrons. The molecule has 0 aromatic carbocycles. The Kier molecular flexibility index (Phi) is 4.10. The zero-order valence-corrected chi connectivity index (χ0v) is 14.0. The second kappa shape index (κ2) is 6.41. The minimum atomic E-state index is -0.537. The van der Waals surface area contributed by atoms with Crippen LogP contribution in [0.4, 0.5) is 0 Å². The second-order valence-electron chi connectivity index (χ2n) is 6.56. The minimum absolute atomic E-state index is 0.155.